The first-order chi connectivity index (χ1) is 5.84. The summed E-state index contributed by atoms with van der Waals surface area (Å²) in [7, 11) is 1.75. The van der Waals surface area contributed by atoms with Crippen LogP contribution in [-0.4, -0.2) is 29.6 Å². The Morgan fingerprint density at radius 1 is 1.54 bits per heavy atom. The minimum Gasteiger partial charge on any atom is -0.338 e. The molecule has 0 unspecified atom stereocenters. The Morgan fingerprint density at radius 2 is 2.31 bits per heavy atom. The van der Waals surface area contributed by atoms with E-state index in [9.17, 15) is 4.79 Å². The summed E-state index contributed by atoms with van der Waals surface area (Å²) in [4.78, 5) is 18.7. The van der Waals surface area contributed by atoms with Gasteiger partial charge in [-0.2, -0.15) is 0 Å². The second kappa shape index (κ2) is 6.33. The monoisotopic (exact) mass is 202 g/mol. The maximum absolute atomic E-state index is 11.1. The van der Waals surface area contributed by atoms with Gasteiger partial charge in [0.05, 0.1) is 12.9 Å². The van der Waals surface area contributed by atoms with Gasteiger partial charge in [-0.25, -0.2) is 4.98 Å². The van der Waals surface area contributed by atoms with Crippen LogP contribution in [0.15, 0.2) is 18.6 Å². The van der Waals surface area contributed by atoms with E-state index in [0.29, 0.717) is 12.4 Å². The molecule has 0 aromatic carbocycles. The summed E-state index contributed by atoms with van der Waals surface area (Å²) in [6.07, 6.45) is 4.42. The molecular formula is C7H11ClN4O. The largest absolute Gasteiger partial charge is 0.338 e. The van der Waals surface area contributed by atoms with Crippen LogP contribution in [0, 0.1) is 0 Å². The van der Waals surface area contributed by atoms with E-state index in [0.717, 1.165) is 0 Å². The first-order valence-corrected chi connectivity index (χ1v) is 3.53. The molecule has 0 fully saturated rings. The molecule has 6 heteroatoms. The molecule has 72 valence electrons. The van der Waals surface area contributed by atoms with Gasteiger partial charge in [-0.15, -0.1) is 12.4 Å². The van der Waals surface area contributed by atoms with Gasteiger partial charge in [0.1, 0.15) is 5.69 Å². The van der Waals surface area contributed by atoms with E-state index in [1.165, 1.54) is 18.6 Å². The number of nitrogens with zero attached hydrogens (tertiary/aromatic N) is 2. The minimum atomic E-state index is -0.225. The summed E-state index contributed by atoms with van der Waals surface area (Å²) >= 11 is 0. The molecule has 0 saturated carbocycles. The normalized spacial score (nSPS) is 8.69. The van der Waals surface area contributed by atoms with Gasteiger partial charge in [-0.3, -0.25) is 9.78 Å². The summed E-state index contributed by atoms with van der Waals surface area (Å²) in [5.74, 6) is -0.225. The van der Waals surface area contributed by atoms with Gasteiger partial charge in [0.25, 0.3) is 5.91 Å². The Labute approximate surface area is 82.4 Å². The van der Waals surface area contributed by atoms with E-state index in [1.54, 1.807) is 7.05 Å². The molecule has 5 nitrogen and oxygen atoms in total. The van der Waals surface area contributed by atoms with Crippen molar-refractivity contribution in [3.8, 4) is 0 Å². The molecule has 0 saturated heterocycles. The molecule has 0 aliphatic rings. The highest BCUT2D eigenvalue weighted by Crippen LogP contribution is 1.87. The van der Waals surface area contributed by atoms with Crippen LogP contribution in [0.1, 0.15) is 10.5 Å². The van der Waals surface area contributed by atoms with Crippen LogP contribution >= 0.6 is 12.4 Å². The van der Waals surface area contributed by atoms with Gasteiger partial charge < -0.3 is 10.6 Å². The molecular weight excluding hydrogens is 192 g/mol. The number of aromatic nitrogens is 2. The second-order valence-electron chi connectivity index (χ2n) is 2.13. The van der Waals surface area contributed by atoms with Crippen molar-refractivity contribution in [3.05, 3.63) is 24.3 Å². The lowest BCUT2D eigenvalue weighted by Crippen LogP contribution is -2.32. The molecule has 1 rings (SSSR count). The third kappa shape index (κ3) is 3.82. The van der Waals surface area contributed by atoms with Crippen molar-refractivity contribution in [1.29, 1.82) is 0 Å². The standard InChI is InChI=1S/C7H10N4O.ClH/c1-8-5-11-7(12)6-4-9-2-3-10-6;/h2-4,8H,5H2,1H3,(H,11,12);1H. The topological polar surface area (TPSA) is 66.9 Å². The molecule has 2 N–H and O–H groups in total. The highest BCUT2D eigenvalue weighted by atomic mass is 35.5. The van der Waals surface area contributed by atoms with E-state index in [4.69, 9.17) is 0 Å². The molecule has 1 aromatic rings. The fraction of sp³-hybridized carbons (Fsp3) is 0.286. The van der Waals surface area contributed by atoms with Crippen molar-refractivity contribution >= 4 is 18.3 Å². The molecule has 1 heterocycles. The fourth-order valence-corrected chi connectivity index (χ4v) is 0.676. The van der Waals surface area contributed by atoms with Crippen LogP contribution in [-0.2, 0) is 0 Å². The van der Waals surface area contributed by atoms with Crippen LogP contribution in [0.5, 0.6) is 0 Å². The summed E-state index contributed by atoms with van der Waals surface area (Å²) < 4.78 is 0. The van der Waals surface area contributed by atoms with Crippen LogP contribution in [0.2, 0.25) is 0 Å². The number of rotatable bonds is 3. The van der Waals surface area contributed by atoms with Gasteiger partial charge in [0.2, 0.25) is 0 Å². The maximum atomic E-state index is 11.1. The number of nitrogens with one attached hydrogen (secondary N) is 2. The quantitative estimate of drug-likeness (QED) is 0.667. The van der Waals surface area contributed by atoms with Gasteiger partial charge in [-0.05, 0) is 7.05 Å². The average Bonchev–Trinajstić information content (AvgIpc) is 2.15. The molecule has 0 aliphatic carbocycles. The van der Waals surface area contributed by atoms with Crippen LogP contribution in [0.25, 0.3) is 0 Å². The molecule has 1 aromatic heterocycles. The van der Waals surface area contributed by atoms with Crippen LogP contribution in [0.3, 0.4) is 0 Å². The minimum absolute atomic E-state index is 0. The van der Waals surface area contributed by atoms with E-state index in [2.05, 4.69) is 20.6 Å². The third-order valence-electron chi connectivity index (χ3n) is 1.22. The Hall–Kier alpha value is -1.20. The summed E-state index contributed by atoms with van der Waals surface area (Å²) in [5, 5.41) is 5.38. The van der Waals surface area contributed by atoms with Crippen LogP contribution < -0.4 is 10.6 Å². The first kappa shape index (κ1) is 11.8. The summed E-state index contributed by atoms with van der Waals surface area (Å²) in [6, 6.07) is 0. The molecule has 0 bridgehead atoms. The predicted molar refractivity (Wildman–Crippen MR) is 50.7 cm³/mol. The zero-order valence-electron chi connectivity index (χ0n) is 7.15. The van der Waals surface area contributed by atoms with Crippen molar-refractivity contribution in [1.82, 2.24) is 20.6 Å². The lowest BCUT2D eigenvalue weighted by Gasteiger charge is -2.01. The molecule has 0 spiro atoms. The number of carbonyl (C=O) groups excluding carboxylic acids is 1. The van der Waals surface area contributed by atoms with Gasteiger partial charge in [0, 0.05) is 12.4 Å². The number of amides is 1. The van der Waals surface area contributed by atoms with Crippen molar-refractivity contribution < 1.29 is 4.79 Å². The van der Waals surface area contributed by atoms with Gasteiger partial charge in [-0.1, -0.05) is 0 Å². The Bertz CT molecular complexity index is 254. The van der Waals surface area contributed by atoms with Crippen molar-refractivity contribution in [2.45, 2.75) is 0 Å². The van der Waals surface area contributed by atoms with E-state index < -0.39 is 0 Å². The highest BCUT2D eigenvalue weighted by Gasteiger charge is 2.03. The molecule has 0 atom stereocenters. The molecule has 1 amide bonds. The third-order valence-corrected chi connectivity index (χ3v) is 1.22. The van der Waals surface area contributed by atoms with E-state index in [1.807, 2.05) is 0 Å². The average molecular weight is 203 g/mol. The zero-order chi connectivity index (χ0) is 8.81. The van der Waals surface area contributed by atoms with Gasteiger partial charge >= 0.3 is 0 Å². The van der Waals surface area contributed by atoms with Crippen molar-refractivity contribution in [2.24, 2.45) is 0 Å². The Balaban J connectivity index is 0.00000144. The predicted octanol–water partition coefficient (Wildman–Crippen LogP) is -0.195. The summed E-state index contributed by atoms with van der Waals surface area (Å²) in [5.41, 5.74) is 0.327. The number of carbonyl (C=O) groups is 1. The first-order valence-electron chi connectivity index (χ1n) is 3.53. The lowest BCUT2D eigenvalue weighted by atomic mass is 10.4. The number of hydrogen-bond acceptors (Lipinski definition) is 4. The smallest absolute Gasteiger partial charge is 0.272 e. The second-order valence-corrected chi connectivity index (χ2v) is 2.13. The lowest BCUT2D eigenvalue weighted by molar-refractivity contribution is 0.0946. The zero-order valence-corrected chi connectivity index (χ0v) is 7.97. The summed E-state index contributed by atoms with van der Waals surface area (Å²) in [6.45, 7) is 0.426. The van der Waals surface area contributed by atoms with Crippen LogP contribution in [0.4, 0.5) is 0 Å². The highest BCUT2D eigenvalue weighted by molar-refractivity contribution is 5.91. The Morgan fingerprint density at radius 3 is 2.85 bits per heavy atom. The molecule has 0 radical (unpaired) electrons. The molecule has 0 aliphatic heterocycles. The number of hydrogen-bond donors (Lipinski definition) is 2. The van der Waals surface area contributed by atoms with Crippen molar-refractivity contribution in [2.75, 3.05) is 13.7 Å². The molecule has 13 heavy (non-hydrogen) atoms. The van der Waals surface area contributed by atoms with E-state index >= 15 is 0 Å². The van der Waals surface area contributed by atoms with Crippen molar-refractivity contribution in [3.63, 3.8) is 0 Å². The Kier molecular flexibility index (Phi) is 5.75. The van der Waals surface area contributed by atoms with Gasteiger partial charge in [0.15, 0.2) is 0 Å². The SMILES string of the molecule is CNCNC(=O)c1cnccn1.Cl. The maximum Gasteiger partial charge on any atom is 0.272 e. The fourth-order valence-electron chi connectivity index (χ4n) is 0.676. The number of halogens is 1. The van der Waals surface area contributed by atoms with E-state index in [-0.39, 0.29) is 18.3 Å².